The SMILES string of the molecule is CC1CC(C)CC(OC(=O)C(S)C(C)C)C1. The van der Waals surface area contributed by atoms with Crippen LogP contribution in [0.3, 0.4) is 0 Å². The third-order valence-corrected chi connectivity index (χ3v) is 4.10. The number of carbonyl (C=O) groups is 1. The molecular formula is C13H24O2S. The van der Waals surface area contributed by atoms with Gasteiger partial charge in [0.05, 0.1) is 0 Å². The summed E-state index contributed by atoms with van der Waals surface area (Å²) in [5.74, 6) is 1.41. The van der Waals surface area contributed by atoms with Gasteiger partial charge in [-0.25, -0.2) is 0 Å². The van der Waals surface area contributed by atoms with Gasteiger partial charge in [0.1, 0.15) is 11.4 Å². The zero-order valence-electron chi connectivity index (χ0n) is 10.8. The van der Waals surface area contributed by atoms with Gasteiger partial charge in [-0.3, -0.25) is 4.79 Å². The molecule has 0 saturated heterocycles. The molecular weight excluding hydrogens is 220 g/mol. The highest BCUT2D eigenvalue weighted by molar-refractivity contribution is 7.81. The predicted molar refractivity (Wildman–Crippen MR) is 69.7 cm³/mol. The van der Waals surface area contributed by atoms with Gasteiger partial charge in [-0.1, -0.05) is 27.7 Å². The van der Waals surface area contributed by atoms with Crippen LogP contribution < -0.4 is 0 Å². The third-order valence-electron chi connectivity index (χ3n) is 3.29. The van der Waals surface area contributed by atoms with Crippen molar-refractivity contribution in [3.05, 3.63) is 0 Å². The minimum Gasteiger partial charge on any atom is -0.462 e. The average molecular weight is 244 g/mol. The molecule has 94 valence electrons. The molecule has 1 aliphatic rings. The van der Waals surface area contributed by atoms with E-state index in [1.54, 1.807) is 0 Å². The molecule has 0 N–H and O–H groups in total. The summed E-state index contributed by atoms with van der Waals surface area (Å²) in [6.45, 7) is 8.45. The fourth-order valence-electron chi connectivity index (χ4n) is 2.48. The maximum Gasteiger partial charge on any atom is 0.319 e. The number of thiol groups is 1. The summed E-state index contributed by atoms with van der Waals surface area (Å²) in [7, 11) is 0. The van der Waals surface area contributed by atoms with E-state index < -0.39 is 0 Å². The highest BCUT2D eigenvalue weighted by Crippen LogP contribution is 2.30. The van der Waals surface area contributed by atoms with Crippen molar-refractivity contribution in [3.63, 3.8) is 0 Å². The van der Waals surface area contributed by atoms with Gasteiger partial charge in [0.2, 0.25) is 0 Å². The van der Waals surface area contributed by atoms with Crippen LogP contribution in [0.2, 0.25) is 0 Å². The topological polar surface area (TPSA) is 26.3 Å². The molecule has 1 saturated carbocycles. The molecule has 0 heterocycles. The van der Waals surface area contributed by atoms with Crippen LogP contribution in [0, 0.1) is 17.8 Å². The smallest absolute Gasteiger partial charge is 0.319 e. The molecule has 1 fully saturated rings. The standard InChI is InChI=1S/C13H24O2S/c1-8(2)12(16)13(14)15-11-6-9(3)5-10(4)7-11/h8-12,16H,5-7H2,1-4H3. The first-order valence-electron chi connectivity index (χ1n) is 6.28. The first kappa shape index (κ1) is 13.9. The van der Waals surface area contributed by atoms with Crippen molar-refractivity contribution >= 4 is 18.6 Å². The molecule has 1 rings (SSSR count). The molecule has 0 aromatic heterocycles. The zero-order chi connectivity index (χ0) is 12.3. The number of hydrogen-bond donors (Lipinski definition) is 1. The van der Waals surface area contributed by atoms with Gasteiger partial charge in [0, 0.05) is 0 Å². The zero-order valence-corrected chi connectivity index (χ0v) is 11.7. The summed E-state index contributed by atoms with van der Waals surface area (Å²) in [5.41, 5.74) is 0. The van der Waals surface area contributed by atoms with Gasteiger partial charge < -0.3 is 4.74 Å². The van der Waals surface area contributed by atoms with Gasteiger partial charge in [-0.2, -0.15) is 12.6 Å². The number of rotatable bonds is 3. The second-order valence-electron chi connectivity index (χ2n) is 5.67. The quantitative estimate of drug-likeness (QED) is 0.609. The van der Waals surface area contributed by atoms with E-state index in [2.05, 4.69) is 26.5 Å². The Kier molecular flexibility index (Phi) is 5.16. The minimum atomic E-state index is -0.285. The summed E-state index contributed by atoms with van der Waals surface area (Å²) in [6.07, 6.45) is 3.38. The summed E-state index contributed by atoms with van der Waals surface area (Å²) < 4.78 is 5.54. The molecule has 2 nitrogen and oxygen atoms in total. The summed E-state index contributed by atoms with van der Waals surface area (Å²) in [4.78, 5) is 11.8. The Morgan fingerprint density at radius 2 is 1.69 bits per heavy atom. The van der Waals surface area contributed by atoms with Gasteiger partial charge >= 0.3 is 5.97 Å². The molecule has 0 radical (unpaired) electrons. The Balaban J connectivity index is 2.44. The van der Waals surface area contributed by atoms with Crippen LogP contribution in [0.4, 0.5) is 0 Å². The van der Waals surface area contributed by atoms with E-state index in [1.807, 2.05) is 13.8 Å². The molecule has 3 unspecified atom stereocenters. The summed E-state index contributed by atoms with van der Waals surface area (Å²) in [5, 5.41) is -0.285. The molecule has 0 amide bonds. The van der Waals surface area contributed by atoms with Gasteiger partial charge in [0.25, 0.3) is 0 Å². The summed E-state index contributed by atoms with van der Waals surface area (Å²) in [6, 6.07) is 0. The Morgan fingerprint density at radius 1 is 1.19 bits per heavy atom. The highest BCUT2D eigenvalue weighted by Gasteiger charge is 2.29. The molecule has 0 aromatic carbocycles. The van der Waals surface area contributed by atoms with Crippen molar-refractivity contribution in [2.45, 2.75) is 58.3 Å². The van der Waals surface area contributed by atoms with E-state index in [-0.39, 0.29) is 23.2 Å². The van der Waals surface area contributed by atoms with Crippen LogP contribution in [-0.2, 0) is 9.53 Å². The van der Waals surface area contributed by atoms with Crippen LogP contribution >= 0.6 is 12.6 Å². The van der Waals surface area contributed by atoms with Crippen molar-refractivity contribution in [1.82, 2.24) is 0 Å². The van der Waals surface area contributed by atoms with Crippen LogP contribution in [0.5, 0.6) is 0 Å². The maximum absolute atomic E-state index is 11.8. The lowest BCUT2D eigenvalue weighted by molar-refractivity contribution is -0.152. The minimum absolute atomic E-state index is 0.111. The number of ether oxygens (including phenoxy) is 1. The van der Waals surface area contributed by atoms with Crippen molar-refractivity contribution in [2.24, 2.45) is 17.8 Å². The van der Waals surface area contributed by atoms with E-state index >= 15 is 0 Å². The lowest BCUT2D eigenvalue weighted by Crippen LogP contribution is -2.32. The lowest BCUT2D eigenvalue weighted by atomic mass is 9.82. The number of esters is 1. The summed E-state index contributed by atoms with van der Waals surface area (Å²) >= 11 is 4.29. The van der Waals surface area contributed by atoms with Gasteiger partial charge in [-0.05, 0) is 37.0 Å². The van der Waals surface area contributed by atoms with Crippen molar-refractivity contribution in [1.29, 1.82) is 0 Å². The second-order valence-corrected chi connectivity index (χ2v) is 6.22. The second kappa shape index (κ2) is 5.95. The molecule has 1 aliphatic carbocycles. The predicted octanol–water partition coefficient (Wildman–Crippen LogP) is 3.31. The van der Waals surface area contributed by atoms with E-state index in [4.69, 9.17) is 4.74 Å². The average Bonchev–Trinajstić information content (AvgIpc) is 2.14. The van der Waals surface area contributed by atoms with E-state index in [9.17, 15) is 4.79 Å². The van der Waals surface area contributed by atoms with Crippen LogP contribution in [0.25, 0.3) is 0 Å². The normalized spacial score (nSPS) is 32.5. The van der Waals surface area contributed by atoms with E-state index in [1.165, 1.54) is 6.42 Å². The van der Waals surface area contributed by atoms with E-state index in [0.717, 1.165) is 12.8 Å². The Morgan fingerprint density at radius 3 is 2.12 bits per heavy atom. The number of carbonyl (C=O) groups excluding carboxylic acids is 1. The molecule has 0 aromatic rings. The molecule has 0 bridgehead atoms. The molecule has 3 atom stereocenters. The molecule has 16 heavy (non-hydrogen) atoms. The largest absolute Gasteiger partial charge is 0.462 e. The number of hydrogen-bond acceptors (Lipinski definition) is 3. The fraction of sp³-hybridized carbons (Fsp3) is 0.923. The molecule has 3 heteroatoms. The monoisotopic (exact) mass is 244 g/mol. The first-order valence-corrected chi connectivity index (χ1v) is 6.80. The first-order chi connectivity index (χ1) is 7.40. The molecule has 0 spiro atoms. The Bertz CT molecular complexity index is 230. The van der Waals surface area contributed by atoms with Crippen LogP contribution in [-0.4, -0.2) is 17.3 Å². The van der Waals surface area contributed by atoms with Crippen LogP contribution in [0.1, 0.15) is 47.0 Å². The Hall–Kier alpha value is -0.180. The lowest BCUT2D eigenvalue weighted by Gasteiger charge is -2.31. The van der Waals surface area contributed by atoms with Crippen LogP contribution in [0.15, 0.2) is 0 Å². The fourth-order valence-corrected chi connectivity index (χ4v) is 2.54. The van der Waals surface area contributed by atoms with Crippen molar-refractivity contribution < 1.29 is 9.53 Å². The van der Waals surface area contributed by atoms with Gasteiger partial charge in [-0.15, -0.1) is 0 Å². The van der Waals surface area contributed by atoms with Crippen molar-refractivity contribution in [2.75, 3.05) is 0 Å². The van der Waals surface area contributed by atoms with Crippen molar-refractivity contribution in [3.8, 4) is 0 Å². The maximum atomic E-state index is 11.8. The molecule has 0 aliphatic heterocycles. The van der Waals surface area contributed by atoms with E-state index in [0.29, 0.717) is 11.8 Å². The Labute approximate surface area is 105 Å². The van der Waals surface area contributed by atoms with Gasteiger partial charge in [0.15, 0.2) is 0 Å². The highest BCUT2D eigenvalue weighted by atomic mass is 32.1. The third kappa shape index (κ3) is 4.00.